The van der Waals surface area contributed by atoms with E-state index in [9.17, 15) is 4.79 Å². The molecule has 0 aromatic carbocycles. The first-order chi connectivity index (χ1) is 6.61. The van der Waals surface area contributed by atoms with Gasteiger partial charge >= 0.3 is 6.09 Å². The number of methoxy groups -OCH3 is 1. The zero-order valence-corrected chi connectivity index (χ0v) is 9.62. The maximum absolute atomic E-state index is 11.6. The number of carbonyl (C=O) groups is 1. The normalized spacial score (nSPS) is 32.0. The van der Waals surface area contributed by atoms with Crippen LogP contribution in [-0.4, -0.2) is 30.2 Å². The minimum atomic E-state index is -0.166. The van der Waals surface area contributed by atoms with Gasteiger partial charge in [-0.05, 0) is 25.7 Å². The van der Waals surface area contributed by atoms with Crippen molar-refractivity contribution in [3.8, 4) is 0 Å². The van der Waals surface area contributed by atoms with Gasteiger partial charge in [0.15, 0.2) is 0 Å². The van der Waals surface area contributed by atoms with Gasteiger partial charge < -0.3 is 9.64 Å². The lowest BCUT2D eigenvalue weighted by atomic mass is 10.0. The van der Waals surface area contributed by atoms with Crippen LogP contribution < -0.4 is 0 Å². The zero-order valence-electron chi connectivity index (χ0n) is 9.62. The van der Waals surface area contributed by atoms with Crippen LogP contribution in [0.3, 0.4) is 0 Å². The van der Waals surface area contributed by atoms with Crippen molar-refractivity contribution in [2.24, 2.45) is 5.92 Å². The third-order valence-corrected chi connectivity index (χ3v) is 3.31. The van der Waals surface area contributed by atoms with E-state index in [0.29, 0.717) is 18.0 Å². The molecule has 1 aliphatic heterocycles. The van der Waals surface area contributed by atoms with Crippen molar-refractivity contribution in [3.63, 3.8) is 0 Å². The predicted octanol–water partition coefficient (Wildman–Crippen LogP) is 2.65. The molecule has 0 saturated carbocycles. The first-order valence-electron chi connectivity index (χ1n) is 5.48. The summed E-state index contributed by atoms with van der Waals surface area (Å²) in [6.45, 7) is 6.47. The van der Waals surface area contributed by atoms with Crippen LogP contribution >= 0.6 is 0 Å². The van der Waals surface area contributed by atoms with Crippen molar-refractivity contribution in [2.45, 2.75) is 52.1 Å². The number of hydrogen-bond acceptors (Lipinski definition) is 2. The number of amides is 1. The third-order valence-electron chi connectivity index (χ3n) is 3.31. The van der Waals surface area contributed by atoms with Crippen molar-refractivity contribution in [2.75, 3.05) is 7.11 Å². The highest BCUT2D eigenvalue weighted by Gasteiger charge is 2.38. The Morgan fingerprint density at radius 3 is 2.64 bits per heavy atom. The largest absolute Gasteiger partial charge is 0.453 e. The molecule has 1 rings (SSSR count). The van der Waals surface area contributed by atoms with E-state index in [4.69, 9.17) is 4.74 Å². The van der Waals surface area contributed by atoms with Crippen molar-refractivity contribution in [3.05, 3.63) is 0 Å². The molecule has 0 aromatic heterocycles. The van der Waals surface area contributed by atoms with Crippen molar-refractivity contribution in [1.29, 1.82) is 0 Å². The highest BCUT2D eigenvalue weighted by molar-refractivity contribution is 5.68. The maximum Gasteiger partial charge on any atom is 0.409 e. The van der Waals surface area contributed by atoms with Crippen LogP contribution in [0.2, 0.25) is 0 Å². The van der Waals surface area contributed by atoms with E-state index in [2.05, 4.69) is 20.8 Å². The Balaban J connectivity index is 2.70. The van der Waals surface area contributed by atoms with Crippen molar-refractivity contribution < 1.29 is 9.53 Å². The van der Waals surface area contributed by atoms with E-state index in [1.54, 1.807) is 0 Å². The smallest absolute Gasteiger partial charge is 0.409 e. The highest BCUT2D eigenvalue weighted by Crippen LogP contribution is 2.32. The Morgan fingerprint density at radius 2 is 2.14 bits per heavy atom. The third kappa shape index (κ3) is 2.02. The minimum Gasteiger partial charge on any atom is -0.453 e. The van der Waals surface area contributed by atoms with Gasteiger partial charge in [-0.3, -0.25) is 0 Å². The van der Waals surface area contributed by atoms with Crippen LogP contribution in [0.5, 0.6) is 0 Å². The van der Waals surface area contributed by atoms with Crippen LogP contribution in [-0.2, 0) is 4.74 Å². The number of likely N-dealkylation sites (tertiary alicyclic amines) is 1. The average Bonchev–Trinajstić information content (AvgIpc) is 2.43. The molecule has 1 aliphatic rings. The summed E-state index contributed by atoms with van der Waals surface area (Å²) in [4.78, 5) is 13.5. The summed E-state index contributed by atoms with van der Waals surface area (Å²) in [5.74, 6) is 0.589. The molecular formula is C11H21NO2. The minimum absolute atomic E-state index is 0.166. The summed E-state index contributed by atoms with van der Waals surface area (Å²) in [5, 5.41) is 0. The van der Waals surface area contributed by atoms with E-state index in [1.165, 1.54) is 7.11 Å². The molecule has 0 N–H and O–H groups in total. The van der Waals surface area contributed by atoms with Crippen LogP contribution in [0.4, 0.5) is 4.79 Å². The summed E-state index contributed by atoms with van der Waals surface area (Å²) >= 11 is 0. The summed E-state index contributed by atoms with van der Waals surface area (Å²) in [5.41, 5.74) is 0. The fourth-order valence-electron chi connectivity index (χ4n) is 2.36. The second-order valence-electron chi connectivity index (χ2n) is 4.27. The lowest BCUT2D eigenvalue weighted by molar-refractivity contribution is 0.101. The average molecular weight is 199 g/mol. The van der Waals surface area contributed by atoms with Gasteiger partial charge in [0.05, 0.1) is 7.11 Å². The van der Waals surface area contributed by atoms with E-state index in [1.807, 2.05) is 4.90 Å². The van der Waals surface area contributed by atoms with Crippen LogP contribution in [0, 0.1) is 5.92 Å². The van der Waals surface area contributed by atoms with Crippen LogP contribution in [0.25, 0.3) is 0 Å². The van der Waals surface area contributed by atoms with Gasteiger partial charge in [-0.25, -0.2) is 4.79 Å². The van der Waals surface area contributed by atoms with E-state index >= 15 is 0 Å². The number of nitrogens with zero attached hydrogens (tertiary/aromatic N) is 1. The Bertz CT molecular complexity index is 205. The van der Waals surface area contributed by atoms with Crippen LogP contribution in [0.15, 0.2) is 0 Å². The number of hydrogen-bond donors (Lipinski definition) is 0. The van der Waals surface area contributed by atoms with Crippen molar-refractivity contribution >= 4 is 6.09 Å². The van der Waals surface area contributed by atoms with Gasteiger partial charge in [0.1, 0.15) is 0 Å². The molecule has 0 radical (unpaired) electrons. The Hall–Kier alpha value is -0.730. The van der Waals surface area contributed by atoms with Crippen molar-refractivity contribution in [1.82, 2.24) is 4.90 Å². The highest BCUT2D eigenvalue weighted by atomic mass is 16.5. The SMILES string of the molecule is CCCC1CC(C)C(C)N1C(=O)OC. The lowest BCUT2D eigenvalue weighted by Crippen LogP contribution is -2.40. The van der Waals surface area contributed by atoms with E-state index < -0.39 is 0 Å². The molecule has 3 atom stereocenters. The van der Waals surface area contributed by atoms with Crippen LogP contribution in [0.1, 0.15) is 40.0 Å². The first-order valence-corrected chi connectivity index (χ1v) is 5.48. The molecule has 1 saturated heterocycles. The molecule has 0 aromatic rings. The fraction of sp³-hybridized carbons (Fsp3) is 0.909. The Labute approximate surface area is 86.4 Å². The second kappa shape index (κ2) is 4.67. The van der Waals surface area contributed by atoms with E-state index in [-0.39, 0.29) is 6.09 Å². The summed E-state index contributed by atoms with van der Waals surface area (Å²) < 4.78 is 4.82. The molecule has 0 bridgehead atoms. The van der Waals surface area contributed by atoms with Gasteiger partial charge in [-0.15, -0.1) is 0 Å². The first kappa shape index (κ1) is 11.3. The summed E-state index contributed by atoms with van der Waals surface area (Å²) in [6.07, 6.45) is 3.16. The Morgan fingerprint density at radius 1 is 1.50 bits per heavy atom. The monoisotopic (exact) mass is 199 g/mol. The van der Waals surface area contributed by atoms with Gasteiger partial charge in [-0.2, -0.15) is 0 Å². The Kier molecular flexibility index (Phi) is 3.78. The molecule has 3 heteroatoms. The number of carbonyl (C=O) groups excluding carboxylic acids is 1. The molecule has 1 heterocycles. The molecule has 14 heavy (non-hydrogen) atoms. The fourth-order valence-corrected chi connectivity index (χ4v) is 2.36. The summed E-state index contributed by atoms with van der Waals surface area (Å²) in [6, 6.07) is 0.705. The van der Waals surface area contributed by atoms with Gasteiger partial charge in [0.2, 0.25) is 0 Å². The molecule has 3 nitrogen and oxygen atoms in total. The molecule has 0 spiro atoms. The van der Waals surface area contributed by atoms with Gasteiger partial charge in [0.25, 0.3) is 0 Å². The van der Waals surface area contributed by atoms with E-state index in [0.717, 1.165) is 19.3 Å². The second-order valence-corrected chi connectivity index (χ2v) is 4.27. The summed E-state index contributed by atoms with van der Waals surface area (Å²) in [7, 11) is 1.46. The van der Waals surface area contributed by atoms with Gasteiger partial charge in [-0.1, -0.05) is 20.3 Å². The lowest BCUT2D eigenvalue weighted by Gasteiger charge is -2.27. The quantitative estimate of drug-likeness (QED) is 0.684. The predicted molar refractivity (Wildman–Crippen MR) is 56.2 cm³/mol. The zero-order chi connectivity index (χ0) is 10.7. The molecule has 1 fully saturated rings. The number of rotatable bonds is 2. The molecule has 82 valence electrons. The molecule has 1 amide bonds. The van der Waals surface area contributed by atoms with Gasteiger partial charge in [0, 0.05) is 12.1 Å². The molecular weight excluding hydrogens is 178 g/mol. The molecule has 0 aliphatic carbocycles. The topological polar surface area (TPSA) is 29.5 Å². The number of ether oxygens (including phenoxy) is 1. The maximum atomic E-state index is 11.6. The molecule has 3 unspecified atom stereocenters. The standard InChI is InChI=1S/C11H21NO2/c1-5-6-10-7-8(2)9(3)12(10)11(13)14-4/h8-10H,5-7H2,1-4H3.